The van der Waals surface area contributed by atoms with Crippen LogP contribution in [0.15, 0.2) is 79.5 Å². The minimum atomic E-state index is -3.13. The Kier molecular flexibility index (Phi) is 6.73. The Labute approximate surface area is 204 Å². The van der Waals surface area contributed by atoms with Crippen LogP contribution < -0.4 is 0 Å². The first kappa shape index (κ1) is 23.4. The van der Waals surface area contributed by atoms with Gasteiger partial charge in [0.15, 0.2) is 0 Å². The molecule has 3 aromatic heterocycles. The second kappa shape index (κ2) is 10.1. The largest absolute Gasteiger partial charge is 0.335 e. The smallest absolute Gasteiger partial charge is 0.325 e. The monoisotopic (exact) mass is 486 g/mol. The highest BCUT2D eigenvalue weighted by Crippen LogP contribution is 2.51. The van der Waals surface area contributed by atoms with Crippen LogP contribution in [0.2, 0.25) is 0 Å². The second-order valence-electron chi connectivity index (χ2n) is 8.25. The first-order chi connectivity index (χ1) is 17.1. The third-order valence-electron chi connectivity index (χ3n) is 5.86. The zero-order valence-electron chi connectivity index (χ0n) is 19.8. The number of rotatable bonds is 9. The van der Waals surface area contributed by atoms with Crippen molar-refractivity contribution < 1.29 is 13.6 Å². The van der Waals surface area contributed by atoms with Gasteiger partial charge in [0.05, 0.1) is 42.9 Å². The number of fused-ring (bicyclic) bond motifs is 3. The Morgan fingerprint density at radius 1 is 0.829 bits per heavy atom. The summed E-state index contributed by atoms with van der Waals surface area (Å²) in [7, 11) is -3.13. The fourth-order valence-electron chi connectivity index (χ4n) is 4.29. The second-order valence-corrected chi connectivity index (χ2v) is 10.3. The number of hydrogen-bond donors (Lipinski definition) is 0. The van der Waals surface area contributed by atoms with E-state index in [1.165, 1.54) is 0 Å². The van der Waals surface area contributed by atoms with Gasteiger partial charge in [-0.3, -0.25) is 14.5 Å². The number of nitrogens with zero attached hydrogens (tertiary/aromatic N) is 4. The van der Waals surface area contributed by atoms with Gasteiger partial charge in [0, 0.05) is 24.3 Å². The first-order valence-electron chi connectivity index (χ1n) is 11.7. The average Bonchev–Trinajstić information content (AvgIpc) is 3.29. The number of pyridine rings is 2. The Balaban J connectivity index is 1.42. The van der Waals surface area contributed by atoms with Gasteiger partial charge in [-0.05, 0) is 54.3 Å². The standard InChI is InChI=1S/C27H27N4O3P/c1-3-33-35(32,34-4-2)18-21-7-5-20(6-8-21)17-31-19-30-26-16-29-25-15-23(9-10-24(25)27(26)31)22-11-13-28-14-12-22/h5-16,19H,3-4,17-18H2,1-2H3. The van der Waals surface area contributed by atoms with Crippen molar-refractivity contribution in [1.29, 1.82) is 0 Å². The van der Waals surface area contributed by atoms with Gasteiger partial charge in [-0.15, -0.1) is 0 Å². The van der Waals surface area contributed by atoms with E-state index < -0.39 is 7.60 Å². The summed E-state index contributed by atoms with van der Waals surface area (Å²) < 4.78 is 25.8. The van der Waals surface area contributed by atoms with Gasteiger partial charge >= 0.3 is 7.60 Å². The lowest BCUT2D eigenvalue weighted by molar-refractivity contribution is 0.219. The van der Waals surface area contributed by atoms with E-state index in [1.54, 1.807) is 12.4 Å². The summed E-state index contributed by atoms with van der Waals surface area (Å²) in [4.78, 5) is 13.3. The van der Waals surface area contributed by atoms with Crippen molar-refractivity contribution in [2.75, 3.05) is 13.2 Å². The van der Waals surface area contributed by atoms with Gasteiger partial charge in [-0.2, -0.15) is 0 Å². The molecule has 0 aliphatic carbocycles. The normalized spacial score (nSPS) is 11.9. The highest BCUT2D eigenvalue weighted by atomic mass is 31.2. The topological polar surface area (TPSA) is 79.1 Å². The van der Waals surface area contributed by atoms with E-state index in [9.17, 15) is 4.57 Å². The minimum absolute atomic E-state index is 0.263. The van der Waals surface area contributed by atoms with Crippen LogP contribution in [0.1, 0.15) is 25.0 Å². The number of benzene rings is 2. The van der Waals surface area contributed by atoms with Crippen LogP contribution in [0.25, 0.3) is 33.1 Å². The molecule has 0 spiro atoms. The first-order valence-corrected chi connectivity index (χ1v) is 13.4. The zero-order chi connectivity index (χ0) is 24.3. The van der Waals surface area contributed by atoms with E-state index in [4.69, 9.17) is 9.05 Å². The van der Waals surface area contributed by atoms with E-state index in [0.29, 0.717) is 19.8 Å². The fraction of sp³-hybridized carbons (Fsp3) is 0.222. The van der Waals surface area contributed by atoms with Crippen molar-refractivity contribution in [3.05, 3.63) is 90.6 Å². The Bertz CT molecular complexity index is 1490. The van der Waals surface area contributed by atoms with Crippen LogP contribution in [0.4, 0.5) is 0 Å². The molecule has 0 unspecified atom stereocenters. The minimum Gasteiger partial charge on any atom is -0.325 e. The molecule has 0 atom stereocenters. The van der Waals surface area contributed by atoms with Crippen LogP contribution >= 0.6 is 7.60 Å². The Hall–Kier alpha value is -3.38. The number of imidazole rings is 1. The maximum Gasteiger partial charge on any atom is 0.335 e. The highest BCUT2D eigenvalue weighted by Gasteiger charge is 2.23. The van der Waals surface area contributed by atoms with Crippen molar-refractivity contribution in [2.45, 2.75) is 26.6 Å². The van der Waals surface area contributed by atoms with Crippen LogP contribution in [0.3, 0.4) is 0 Å². The van der Waals surface area contributed by atoms with Crippen LogP contribution in [0, 0.1) is 0 Å². The maximum atomic E-state index is 12.8. The van der Waals surface area contributed by atoms with Gasteiger partial charge in [0.2, 0.25) is 0 Å². The van der Waals surface area contributed by atoms with Gasteiger partial charge in [-0.1, -0.05) is 36.4 Å². The molecule has 2 aromatic carbocycles. The van der Waals surface area contributed by atoms with Crippen LogP contribution in [-0.4, -0.2) is 32.7 Å². The van der Waals surface area contributed by atoms with Crippen molar-refractivity contribution in [2.24, 2.45) is 0 Å². The summed E-state index contributed by atoms with van der Waals surface area (Å²) in [5.74, 6) is 0. The van der Waals surface area contributed by atoms with Crippen LogP contribution in [-0.2, 0) is 26.3 Å². The van der Waals surface area contributed by atoms with Crippen molar-refractivity contribution in [3.63, 3.8) is 0 Å². The van der Waals surface area contributed by atoms with Gasteiger partial charge in [0.25, 0.3) is 0 Å². The number of aromatic nitrogens is 4. The molecule has 8 heteroatoms. The molecule has 0 N–H and O–H groups in total. The maximum absolute atomic E-state index is 12.8. The molecule has 7 nitrogen and oxygen atoms in total. The predicted molar refractivity (Wildman–Crippen MR) is 138 cm³/mol. The highest BCUT2D eigenvalue weighted by molar-refractivity contribution is 7.53. The molecule has 0 saturated heterocycles. The molecular formula is C27H27N4O3P. The molecule has 0 aliphatic rings. The molecule has 0 saturated carbocycles. The van der Waals surface area contributed by atoms with E-state index in [2.05, 4.69) is 37.7 Å². The van der Waals surface area contributed by atoms with Gasteiger partial charge in [0.1, 0.15) is 5.52 Å². The predicted octanol–water partition coefficient (Wildman–Crippen LogP) is 6.46. The summed E-state index contributed by atoms with van der Waals surface area (Å²) >= 11 is 0. The third-order valence-corrected chi connectivity index (χ3v) is 7.92. The zero-order valence-corrected chi connectivity index (χ0v) is 20.7. The molecule has 0 bridgehead atoms. The molecule has 3 heterocycles. The number of hydrogen-bond acceptors (Lipinski definition) is 6. The summed E-state index contributed by atoms with van der Waals surface area (Å²) in [6.07, 6.45) is 7.53. The lowest BCUT2D eigenvalue weighted by atomic mass is 10.0. The average molecular weight is 487 g/mol. The molecule has 5 rings (SSSR count). The van der Waals surface area contributed by atoms with E-state index in [-0.39, 0.29) is 6.16 Å². The van der Waals surface area contributed by atoms with Crippen LogP contribution in [0.5, 0.6) is 0 Å². The summed E-state index contributed by atoms with van der Waals surface area (Å²) in [6.45, 7) is 5.02. The van der Waals surface area contributed by atoms with Crippen molar-refractivity contribution >= 4 is 29.5 Å². The fourth-order valence-corrected chi connectivity index (χ4v) is 5.99. The molecule has 5 aromatic rings. The molecule has 178 valence electrons. The van der Waals surface area contributed by atoms with Crippen molar-refractivity contribution in [3.8, 4) is 11.1 Å². The molecule has 35 heavy (non-hydrogen) atoms. The summed E-state index contributed by atoms with van der Waals surface area (Å²) in [6, 6.07) is 18.4. The lowest BCUT2D eigenvalue weighted by Crippen LogP contribution is -2.01. The molecule has 0 radical (unpaired) electrons. The summed E-state index contributed by atoms with van der Waals surface area (Å²) in [5.41, 5.74) is 7.09. The quantitative estimate of drug-likeness (QED) is 0.223. The SMILES string of the molecule is CCOP(=O)(Cc1ccc(Cn2cnc3cnc4cc(-c5ccncc5)ccc4c32)cc1)OCC. The van der Waals surface area contributed by atoms with Gasteiger partial charge < -0.3 is 13.6 Å². The lowest BCUT2D eigenvalue weighted by Gasteiger charge is -2.17. The third kappa shape index (κ3) is 5.03. The molecule has 0 aliphatic heterocycles. The molecule has 0 fully saturated rings. The molecule has 0 amide bonds. The van der Waals surface area contributed by atoms with Gasteiger partial charge in [-0.25, -0.2) is 4.98 Å². The van der Waals surface area contributed by atoms with E-state index >= 15 is 0 Å². The summed E-state index contributed by atoms with van der Waals surface area (Å²) in [5, 5.41) is 1.06. The van der Waals surface area contributed by atoms with E-state index in [0.717, 1.165) is 44.2 Å². The van der Waals surface area contributed by atoms with E-state index in [1.807, 2.05) is 62.8 Å². The Morgan fingerprint density at radius 3 is 2.26 bits per heavy atom. The van der Waals surface area contributed by atoms with Crippen molar-refractivity contribution in [1.82, 2.24) is 19.5 Å². The Morgan fingerprint density at radius 2 is 1.54 bits per heavy atom. The molecular weight excluding hydrogens is 459 g/mol.